The van der Waals surface area contributed by atoms with E-state index in [-0.39, 0.29) is 18.4 Å². The van der Waals surface area contributed by atoms with Crippen molar-refractivity contribution in [2.75, 3.05) is 57.2 Å². The number of para-hydroxylation sites is 1. The van der Waals surface area contributed by atoms with Crippen molar-refractivity contribution < 1.29 is 23.8 Å². The Balaban J connectivity index is 1.28. The van der Waals surface area contributed by atoms with E-state index in [2.05, 4.69) is 15.2 Å². The number of anilines is 2. The van der Waals surface area contributed by atoms with Gasteiger partial charge in [-0.2, -0.15) is 0 Å². The molecule has 35 heavy (non-hydrogen) atoms. The van der Waals surface area contributed by atoms with Gasteiger partial charge in [-0.15, -0.1) is 0 Å². The van der Waals surface area contributed by atoms with Gasteiger partial charge in [-0.25, -0.2) is 4.98 Å². The first kappa shape index (κ1) is 23.9. The summed E-state index contributed by atoms with van der Waals surface area (Å²) in [6, 6.07) is 18.0. The van der Waals surface area contributed by atoms with Crippen LogP contribution in [0.25, 0.3) is 0 Å². The number of benzene rings is 2. The molecule has 1 aliphatic rings. The van der Waals surface area contributed by atoms with Crippen LogP contribution in [0.4, 0.5) is 11.5 Å². The van der Waals surface area contributed by atoms with Crippen molar-refractivity contribution in [3.63, 3.8) is 0 Å². The van der Waals surface area contributed by atoms with Gasteiger partial charge >= 0.3 is 0 Å². The van der Waals surface area contributed by atoms with Crippen LogP contribution in [-0.4, -0.2) is 68.7 Å². The summed E-state index contributed by atoms with van der Waals surface area (Å²) < 4.78 is 16.0. The van der Waals surface area contributed by atoms with E-state index in [0.717, 1.165) is 5.82 Å². The molecule has 1 aliphatic heterocycles. The Hall–Kier alpha value is -4.27. The average molecular weight is 477 g/mol. The maximum Gasteiger partial charge on any atom is 0.260 e. The van der Waals surface area contributed by atoms with E-state index in [9.17, 15) is 9.59 Å². The lowest BCUT2D eigenvalue weighted by Gasteiger charge is -2.35. The molecular weight excluding hydrogens is 448 g/mol. The van der Waals surface area contributed by atoms with Gasteiger partial charge in [0, 0.05) is 31.7 Å². The van der Waals surface area contributed by atoms with Crippen LogP contribution in [0, 0.1) is 0 Å². The topological polar surface area (TPSA) is 93.2 Å². The van der Waals surface area contributed by atoms with E-state index in [1.54, 1.807) is 36.4 Å². The fraction of sp³-hybridized carbons (Fsp3) is 0.269. The van der Waals surface area contributed by atoms with Crippen LogP contribution in [0.5, 0.6) is 17.2 Å². The van der Waals surface area contributed by atoms with E-state index in [1.165, 1.54) is 7.11 Å². The fourth-order valence-electron chi connectivity index (χ4n) is 3.77. The lowest BCUT2D eigenvalue weighted by Crippen LogP contribution is -2.50. The van der Waals surface area contributed by atoms with Crippen molar-refractivity contribution in [3.8, 4) is 17.2 Å². The summed E-state index contributed by atoms with van der Waals surface area (Å²) in [5.74, 6) is 2.21. The first-order valence-corrected chi connectivity index (χ1v) is 11.3. The van der Waals surface area contributed by atoms with E-state index in [0.29, 0.717) is 54.7 Å². The Morgan fingerprint density at radius 3 is 2.31 bits per heavy atom. The van der Waals surface area contributed by atoms with Crippen LogP contribution in [0.2, 0.25) is 0 Å². The molecule has 2 heterocycles. The number of amides is 2. The molecule has 4 rings (SSSR count). The summed E-state index contributed by atoms with van der Waals surface area (Å²) in [6.07, 6.45) is 1.62. The number of aromatic nitrogens is 1. The van der Waals surface area contributed by atoms with Gasteiger partial charge in [0.15, 0.2) is 18.1 Å². The van der Waals surface area contributed by atoms with E-state index in [1.807, 2.05) is 42.5 Å². The van der Waals surface area contributed by atoms with Crippen molar-refractivity contribution in [1.29, 1.82) is 0 Å². The van der Waals surface area contributed by atoms with Crippen molar-refractivity contribution in [3.05, 3.63) is 72.4 Å². The number of carbonyl (C=O) groups is 2. The number of pyridine rings is 1. The minimum Gasteiger partial charge on any atom is -0.493 e. The summed E-state index contributed by atoms with van der Waals surface area (Å²) in [7, 11) is 3.07. The molecule has 1 saturated heterocycles. The highest BCUT2D eigenvalue weighted by atomic mass is 16.5. The molecule has 0 atom stereocenters. The molecule has 1 aromatic heterocycles. The monoisotopic (exact) mass is 476 g/mol. The van der Waals surface area contributed by atoms with Gasteiger partial charge in [0.25, 0.3) is 11.8 Å². The highest BCUT2D eigenvalue weighted by Gasteiger charge is 2.22. The van der Waals surface area contributed by atoms with Gasteiger partial charge in [0.1, 0.15) is 11.6 Å². The van der Waals surface area contributed by atoms with Gasteiger partial charge in [-0.1, -0.05) is 18.2 Å². The molecule has 182 valence electrons. The molecule has 0 aliphatic carbocycles. The molecule has 3 aromatic rings. The van der Waals surface area contributed by atoms with Gasteiger partial charge < -0.3 is 29.3 Å². The number of nitrogens with one attached hydrogen (secondary N) is 1. The maximum absolute atomic E-state index is 12.6. The van der Waals surface area contributed by atoms with E-state index >= 15 is 0 Å². The van der Waals surface area contributed by atoms with Gasteiger partial charge in [0.05, 0.1) is 26.1 Å². The van der Waals surface area contributed by atoms with Crippen LogP contribution in [0.15, 0.2) is 66.9 Å². The molecule has 2 amide bonds. The second-order valence-corrected chi connectivity index (χ2v) is 7.90. The number of hydrogen-bond donors (Lipinski definition) is 1. The first-order valence-electron chi connectivity index (χ1n) is 11.3. The maximum atomic E-state index is 12.6. The molecule has 1 N–H and O–H groups in total. The molecule has 0 unspecified atom stereocenters. The number of methoxy groups -OCH3 is 2. The number of hydrogen-bond acceptors (Lipinski definition) is 7. The minimum atomic E-state index is -0.273. The molecule has 0 radical (unpaired) electrons. The quantitative estimate of drug-likeness (QED) is 0.534. The Bertz CT molecular complexity index is 1150. The predicted octanol–water partition coefficient (Wildman–Crippen LogP) is 3.08. The standard InChI is InChI=1S/C26H28N4O5/c1-33-22-10-8-19(16-23(22)34-2)26(32)28-20-9-11-24(27-17-20)29-12-14-30(15-13-29)25(31)18-35-21-6-4-3-5-7-21/h3-11,16-17H,12-15,18H2,1-2H3,(H,28,32). The molecular formula is C26H28N4O5. The van der Waals surface area contributed by atoms with E-state index in [4.69, 9.17) is 14.2 Å². The molecule has 2 aromatic carbocycles. The third kappa shape index (κ3) is 6.00. The highest BCUT2D eigenvalue weighted by Crippen LogP contribution is 2.28. The van der Waals surface area contributed by atoms with Gasteiger partial charge in [-0.3, -0.25) is 9.59 Å². The third-order valence-corrected chi connectivity index (χ3v) is 5.71. The normalized spacial score (nSPS) is 13.2. The van der Waals surface area contributed by atoms with Crippen LogP contribution in [0.3, 0.4) is 0 Å². The fourth-order valence-corrected chi connectivity index (χ4v) is 3.77. The Morgan fingerprint density at radius 1 is 0.914 bits per heavy atom. The largest absolute Gasteiger partial charge is 0.493 e. The van der Waals surface area contributed by atoms with Crippen LogP contribution in [-0.2, 0) is 4.79 Å². The number of piperazine rings is 1. The molecule has 9 nitrogen and oxygen atoms in total. The van der Waals surface area contributed by atoms with Crippen LogP contribution >= 0.6 is 0 Å². The Kier molecular flexibility index (Phi) is 7.67. The van der Waals surface area contributed by atoms with Crippen molar-refractivity contribution >= 4 is 23.3 Å². The lowest BCUT2D eigenvalue weighted by molar-refractivity contribution is -0.133. The Morgan fingerprint density at radius 2 is 1.66 bits per heavy atom. The SMILES string of the molecule is COc1ccc(C(=O)Nc2ccc(N3CCN(C(=O)COc4ccccc4)CC3)nc2)cc1OC. The zero-order valence-electron chi connectivity index (χ0n) is 19.8. The third-order valence-electron chi connectivity index (χ3n) is 5.71. The van der Waals surface area contributed by atoms with Crippen molar-refractivity contribution in [2.24, 2.45) is 0 Å². The lowest BCUT2D eigenvalue weighted by atomic mass is 10.2. The average Bonchev–Trinajstić information content (AvgIpc) is 2.92. The van der Waals surface area contributed by atoms with E-state index < -0.39 is 0 Å². The molecule has 0 saturated carbocycles. The number of rotatable bonds is 8. The number of carbonyl (C=O) groups excluding carboxylic acids is 2. The smallest absolute Gasteiger partial charge is 0.260 e. The zero-order chi connectivity index (χ0) is 24.6. The highest BCUT2D eigenvalue weighted by molar-refractivity contribution is 6.04. The second-order valence-electron chi connectivity index (χ2n) is 7.90. The number of nitrogens with zero attached hydrogens (tertiary/aromatic N) is 3. The molecule has 9 heteroatoms. The predicted molar refractivity (Wildman–Crippen MR) is 132 cm³/mol. The summed E-state index contributed by atoms with van der Waals surface area (Å²) in [5, 5.41) is 2.84. The number of ether oxygens (including phenoxy) is 3. The molecule has 1 fully saturated rings. The molecule has 0 bridgehead atoms. The van der Waals surface area contributed by atoms with Crippen LogP contribution in [0.1, 0.15) is 10.4 Å². The summed E-state index contributed by atoms with van der Waals surface area (Å²) in [5.41, 5.74) is 1.03. The van der Waals surface area contributed by atoms with Gasteiger partial charge in [0.2, 0.25) is 0 Å². The summed E-state index contributed by atoms with van der Waals surface area (Å²) >= 11 is 0. The van der Waals surface area contributed by atoms with Crippen LogP contribution < -0.4 is 24.4 Å². The minimum absolute atomic E-state index is 0.0245. The van der Waals surface area contributed by atoms with Crippen molar-refractivity contribution in [2.45, 2.75) is 0 Å². The van der Waals surface area contributed by atoms with Gasteiger partial charge in [-0.05, 0) is 42.5 Å². The summed E-state index contributed by atoms with van der Waals surface area (Å²) in [4.78, 5) is 33.5. The zero-order valence-corrected chi connectivity index (χ0v) is 19.8. The van der Waals surface area contributed by atoms with Crippen molar-refractivity contribution in [1.82, 2.24) is 9.88 Å². The summed E-state index contributed by atoms with van der Waals surface area (Å²) in [6.45, 7) is 2.55. The first-order chi connectivity index (χ1) is 17.1. The second kappa shape index (κ2) is 11.2. The molecule has 0 spiro atoms. The Labute approximate surface area is 204 Å².